The highest BCUT2D eigenvalue weighted by Gasteiger charge is 2.37. The van der Waals surface area contributed by atoms with Crippen LogP contribution in [0.5, 0.6) is 11.5 Å². The fourth-order valence-electron chi connectivity index (χ4n) is 3.20. The largest absolute Gasteiger partial charge is 0.493 e. The maximum atomic E-state index is 12.7. The maximum absolute atomic E-state index is 12.7. The second kappa shape index (κ2) is 11.9. The molecule has 11 heteroatoms. The molecule has 2 aliphatic heterocycles. The summed E-state index contributed by atoms with van der Waals surface area (Å²) >= 11 is 0.749. The molecule has 2 fully saturated rings. The number of ether oxygens (including phenoxy) is 4. The summed E-state index contributed by atoms with van der Waals surface area (Å²) in [4.78, 5) is 52.0. The molecule has 3 rings (SSSR count). The lowest BCUT2D eigenvalue weighted by atomic mass is 10.2. The number of imide groups is 1. The predicted molar refractivity (Wildman–Crippen MR) is 124 cm³/mol. The van der Waals surface area contributed by atoms with Crippen molar-refractivity contribution in [3.63, 3.8) is 0 Å². The third kappa shape index (κ3) is 6.51. The number of morpholine rings is 1. The van der Waals surface area contributed by atoms with Gasteiger partial charge < -0.3 is 23.8 Å². The standard InChI is InChI=1S/C23H28N2O8S/c1-4-15(2)33-21(27)13-25-22(28)19(34-23(25)29)12-16-5-6-17(18(11-16)30-3)32-14-20(26)24-7-9-31-10-8-24/h5-6,11-12,15H,4,7-10,13-14H2,1-3H3/b19-12-/t15-/m1/s1. The molecule has 0 N–H and O–H groups in total. The van der Waals surface area contributed by atoms with Crippen LogP contribution in [0.2, 0.25) is 0 Å². The first-order valence-corrected chi connectivity index (χ1v) is 11.7. The number of nitrogens with zero attached hydrogens (tertiary/aromatic N) is 2. The molecule has 34 heavy (non-hydrogen) atoms. The first kappa shape index (κ1) is 25.6. The molecule has 2 saturated heterocycles. The summed E-state index contributed by atoms with van der Waals surface area (Å²) in [6.45, 7) is 5.12. The highest BCUT2D eigenvalue weighted by Crippen LogP contribution is 2.34. The molecule has 2 aliphatic rings. The Kier molecular flexibility index (Phi) is 8.94. The van der Waals surface area contributed by atoms with Gasteiger partial charge in [-0.2, -0.15) is 0 Å². The predicted octanol–water partition coefficient (Wildman–Crippen LogP) is 2.31. The molecule has 0 aliphatic carbocycles. The van der Waals surface area contributed by atoms with E-state index in [4.69, 9.17) is 18.9 Å². The van der Waals surface area contributed by atoms with Crippen molar-refractivity contribution in [1.29, 1.82) is 0 Å². The maximum Gasteiger partial charge on any atom is 0.326 e. The Hall–Kier alpha value is -3.05. The number of carbonyl (C=O) groups is 4. The van der Waals surface area contributed by atoms with Gasteiger partial charge in [0.05, 0.1) is 31.3 Å². The first-order chi connectivity index (χ1) is 16.3. The van der Waals surface area contributed by atoms with Crippen LogP contribution >= 0.6 is 11.8 Å². The van der Waals surface area contributed by atoms with Crippen LogP contribution < -0.4 is 9.47 Å². The lowest BCUT2D eigenvalue weighted by Gasteiger charge is -2.26. The molecule has 2 heterocycles. The zero-order valence-corrected chi connectivity index (χ0v) is 20.2. The normalized spacial score (nSPS) is 18.3. The lowest BCUT2D eigenvalue weighted by molar-refractivity contribution is -0.150. The van der Waals surface area contributed by atoms with Gasteiger partial charge in [-0.05, 0) is 48.9 Å². The number of amides is 3. The summed E-state index contributed by atoms with van der Waals surface area (Å²) in [6, 6.07) is 4.95. The van der Waals surface area contributed by atoms with Gasteiger partial charge >= 0.3 is 5.97 Å². The second-order valence-electron chi connectivity index (χ2n) is 7.67. The molecule has 0 bridgehead atoms. The van der Waals surface area contributed by atoms with E-state index in [1.165, 1.54) is 13.2 Å². The summed E-state index contributed by atoms with van der Waals surface area (Å²) in [5.41, 5.74) is 0.594. The number of thioether (sulfide) groups is 1. The van der Waals surface area contributed by atoms with Gasteiger partial charge in [-0.15, -0.1) is 0 Å². The van der Waals surface area contributed by atoms with Gasteiger partial charge in [0.15, 0.2) is 18.1 Å². The minimum atomic E-state index is -0.632. The van der Waals surface area contributed by atoms with Crippen LogP contribution in [0.1, 0.15) is 25.8 Å². The fraction of sp³-hybridized carbons (Fsp3) is 0.478. The van der Waals surface area contributed by atoms with Gasteiger partial charge in [0.1, 0.15) is 6.54 Å². The van der Waals surface area contributed by atoms with Gasteiger partial charge in [-0.1, -0.05) is 13.0 Å². The number of hydrogen-bond donors (Lipinski definition) is 0. The van der Waals surface area contributed by atoms with Gasteiger partial charge in [0.2, 0.25) is 0 Å². The van der Waals surface area contributed by atoms with Crippen molar-refractivity contribution in [1.82, 2.24) is 9.80 Å². The molecule has 3 amide bonds. The number of carbonyl (C=O) groups excluding carboxylic acids is 4. The number of rotatable bonds is 9. The SMILES string of the molecule is CC[C@@H](C)OC(=O)CN1C(=O)S/C(=C\c2ccc(OCC(=O)N3CCOCC3)c(OC)c2)C1=O. The van der Waals surface area contributed by atoms with E-state index in [1.54, 1.807) is 30.0 Å². The minimum Gasteiger partial charge on any atom is -0.493 e. The zero-order valence-electron chi connectivity index (χ0n) is 19.4. The summed E-state index contributed by atoms with van der Waals surface area (Å²) in [5.74, 6) is -0.587. The molecule has 1 aromatic rings. The monoisotopic (exact) mass is 492 g/mol. The van der Waals surface area contributed by atoms with E-state index >= 15 is 0 Å². The lowest BCUT2D eigenvalue weighted by Crippen LogP contribution is -2.43. The Morgan fingerprint density at radius 2 is 1.94 bits per heavy atom. The summed E-state index contributed by atoms with van der Waals surface area (Å²) in [6.07, 6.45) is 1.88. The molecule has 0 radical (unpaired) electrons. The molecule has 1 aromatic carbocycles. The van der Waals surface area contributed by atoms with E-state index in [-0.39, 0.29) is 23.5 Å². The summed E-state index contributed by atoms with van der Waals surface area (Å²) in [7, 11) is 1.46. The number of esters is 1. The van der Waals surface area contributed by atoms with Crippen LogP contribution in [0.4, 0.5) is 4.79 Å². The fourth-order valence-corrected chi connectivity index (χ4v) is 4.04. The quantitative estimate of drug-likeness (QED) is 0.379. The van der Waals surface area contributed by atoms with Gasteiger partial charge in [0.25, 0.3) is 17.1 Å². The van der Waals surface area contributed by atoms with Crippen molar-refractivity contribution < 1.29 is 38.1 Å². The first-order valence-electron chi connectivity index (χ1n) is 10.9. The third-order valence-electron chi connectivity index (χ3n) is 5.27. The molecule has 0 saturated carbocycles. The van der Waals surface area contributed by atoms with E-state index < -0.39 is 23.7 Å². The second-order valence-corrected chi connectivity index (χ2v) is 8.66. The van der Waals surface area contributed by atoms with Crippen LogP contribution in [0.3, 0.4) is 0 Å². The van der Waals surface area contributed by atoms with Crippen LogP contribution in [0, 0.1) is 0 Å². The van der Waals surface area contributed by atoms with Crippen molar-refractivity contribution in [2.24, 2.45) is 0 Å². The highest BCUT2D eigenvalue weighted by atomic mass is 32.2. The average molecular weight is 493 g/mol. The van der Waals surface area contributed by atoms with Gasteiger partial charge in [-0.25, -0.2) is 0 Å². The van der Waals surface area contributed by atoms with Crippen molar-refractivity contribution in [3.05, 3.63) is 28.7 Å². The van der Waals surface area contributed by atoms with Crippen molar-refractivity contribution in [2.75, 3.05) is 46.6 Å². The molecule has 0 spiro atoms. The molecular weight excluding hydrogens is 464 g/mol. The molecule has 0 aromatic heterocycles. The van der Waals surface area contributed by atoms with E-state index in [1.807, 2.05) is 6.92 Å². The third-order valence-corrected chi connectivity index (χ3v) is 6.18. The Bertz CT molecular complexity index is 974. The average Bonchev–Trinajstić information content (AvgIpc) is 3.10. The van der Waals surface area contributed by atoms with Crippen LogP contribution in [0.15, 0.2) is 23.1 Å². The Labute approximate surface area is 202 Å². The zero-order chi connectivity index (χ0) is 24.7. The molecule has 1 atom stereocenters. The highest BCUT2D eigenvalue weighted by molar-refractivity contribution is 8.18. The van der Waals surface area contributed by atoms with Crippen LogP contribution in [-0.2, 0) is 23.9 Å². The van der Waals surface area contributed by atoms with Crippen LogP contribution in [0.25, 0.3) is 6.08 Å². The number of hydrogen-bond acceptors (Lipinski definition) is 9. The van der Waals surface area contributed by atoms with Crippen molar-refractivity contribution >= 4 is 40.9 Å². The number of benzene rings is 1. The van der Waals surface area contributed by atoms with E-state index in [2.05, 4.69) is 0 Å². The molecular formula is C23H28N2O8S. The Morgan fingerprint density at radius 3 is 2.62 bits per heavy atom. The smallest absolute Gasteiger partial charge is 0.326 e. The van der Waals surface area contributed by atoms with E-state index in [0.717, 1.165) is 16.7 Å². The van der Waals surface area contributed by atoms with Crippen LogP contribution in [-0.4, -0.2) is 85.5 Å². The summed E-state index contributed by atoms with van der Waals surface area (Å²) in [5, 5.41) is -0.536. The Balaban J connectivity index is 1.64. The minimum absolute atomic E-state index is 0.138. The van der Waals surface area contributed by atoms with Crippen molar-refractivity contribution in [2.45, 2.75) is 26.4 Å². The Morgan fingerprint density at radius 1 is 1.21 bits per heavy atom. The summed E-state index contributed by atoms with van der Waals surface area (Å²) < 4.78 is 21.4. The molecule has 10 nitrogen and oxygen atoms in total. The molecule has 0 unspecified atom stereocenters. The number of methoxy groups -OCH3 is 1. The topological polar surface area (TPSA) is 112 Å². The van der Waals surface area contributed by atoms with Crippen molar-refractivity contribution in [3.8, 4) is 11.5 Å². The van der Waals surface area contributed by atoms with E-state index in [9.17, 15) is 19.2 Å². The van der Waals surface area contributed by atoms with Gasteiger partial charge in [-0.3, -0.25) is 24.1 Å². The molecule has 184 valence electrons. The van der Waals surface area contributed by atoms with Gasteiger partial charge in [0, 0.05) is 13.1 Å². The van der Waals surface area contributed by atoms with E-state index in [0.29, 0.717) is 49.8 Å².